The molecular formula is C23H27Cl2N3O4. The van der Waals surface area contributed by atoms with E-state index >= 15 is 0 Å². The quantitative estimate of drug-likeness (QED) is 0.375. The second kappa shape index (κ2) is 11.8. The molecule has 2 atom stereocenters. The number of halogens is 2. The van der Waals surface area contributed by atoms with Gasteiger partial charge in [0, 0.05) is 34.3 Å². The minimum atomic E-state index is -0.758. The molecule has 0 bridgehead atoms. The Labute approximate surface area is 197 Å². The highest BCUT2D eigenvalue weighted by Crippen LogP contribution is 2.25. The van der Waals surface area contributed by atoms with Crippen molar-refractivity contribution in [3.05, 3.63) is 73.8 Å². The Kier molecular flexibility index (Phi) is 9.47. The van der Waals surface area contributed by atoms with Crippen molar-refractivity contribution in [3.63, 3.8) is 0 Å². The van der Waals surface area contributed by atoms with Gasteiger partial charge in [0.2, 0.25) is 11.8 Å². The number of carbonyl (C=O) groups excluding carboxylic acids is 2. The van der Waals surface area contributed by atoms with Crippen molar-refractivity contribution >= 4 is 40.7 Å². The molecular weight excluding hydrogens is 453 g/mol. The number of para-hydroxylation sites is 1. The van der Waals surface area contributed by atoms with E-state index in [1.165, 1.54) is 11.0 Å². The summed E-state index contributed by atoms with van der Waals surface area (Å²) < 4.78 is 0. The molecule has 0 heterocycles. The smallest absolute Gasteiger partial charge is 0.273 e. The number of hydrogen-bond donors (Lipinski definition) is 1. The number of nitro groups is 1. The zero-order valence-electron chi connectivity index (χ0n) is 18.3. The van der Waals surface area contributed by atoms with Gasteiger partial charge in [0.25, 0.3) is 5.69 Å². The summed E-state index contributed by atoms with van der Waals surface area (Å²) in [4.78, 5) is 38.7. The van der Waals surface area contributed by atoms with Gasteiger partial charge < -0.3 is 10.2 Å². The molecule has 0 aliphatic heterocycles. The summed E-state index contributed by atoms with van der Waals surface area (Å²) in [6.07, 6.45) is 0.904. The first kappa shape index (κ1) is 25.6. The Hall–Kier alpha value is -2.64. The molecule has 0 saturated heterocycles. The van der Waals surface area contributed by atoms with Crippen molar-refractivity contribution in [3.8, 4) is 0 Å². The van der Waals surface area contributed by atoms with Crippen molar-refractivity contribution in [2.24, 2.45) is 0 Å². The summed E-state index contributed by atoms with van der Waals surface area (Å²) in [6, 6.07) is 10.2. The maximum absolute atomic E-state index is 13.4. The van der Waals surface area contributed by atoms with Crippen LogP contribution in [0.4, 0.5) is 5.69 Å². The molecule has 0 aliphatic rings. The lowest BCUT2D eigenvalue weighted by atomic mass is 10.0. The maximum Gasteiger partial charge on any atom is 0.273 e. The molecule has 0 saturated carbocycles. The average Bonchev–Trinajstić information content (AvgIpc) is 2.75. The number of nitrogens with one attached hydrogen (secondary N) is 1. The average molecular weight is 480 g/mol. The number of rotatable bonds is 10. The van der Waals surface area contributed by atoms with Crippen LogP contribution in [0.5, 0.6) is 0 Å². The molecule has 1 N–H and O–H groups in total. The lowest BCUT2D eigenvalue weighted by Crippen LogP contribution is -2.51. The topological polar surface area (TPSA) is 92.6 Å². The molecule has 9 heteroatoms. The van der Waals surface area contributed by atoms with Crippen molar-refractivity contribution in [2.45, 2.75) is 58.7 Å². The molecule has 0 aliphatic carbocycles. The monoisotopic (exact) mass is 479 g/mol. The summed E-state index contributed by atoms with van der Waals surface area (Å²) in [5.41, 5.74) is 0.774. The van der Waals surface area contributed by atoms with Crippen LogP contribution in [0.15, 0.2) is 42.5 Å². The number of nitro benzene ring substituents is 1. The van der Waals surface area contributed by atoms with E-state index in [9.17, 15) is 19.7 Å². The molecule has 0 spiro atoms. The predicted molar refractivity (Wildman–Crippen MR) is 126 cm³/mol. The highest BCUT2D eigenvalue weighted by molar-refractivity contribution is 6.35. The van der Waals surface area contributed by atoms with Gasteiger partial charge in [-0.1, -0.05) is 61.3 Å². The van der Waals surface area contributed by atoms with Crippen molar-refractivity contribution in [1.82, 2.24) is 10.2 Å². The van der Waals surface area contributed by atoms with E-state index in [1.807, 2.05) is 20.8 Å². The third-order valence-corrected chi connectivity index (χ3v) is 5.86. The standard InChI is InChI=1S/C23H27Cl2N3O4/c1-4-15(3)26-23(30)20(5-2)27(14-17-10-11-18(24)13-19(17)25)22(29)12-16-8-6-7-9-21(16)28(31)32/h6-11,13,15,20H,4-5,12,14H2,1-3H3,(H,26,30)/t15-,20-/m0/s1. The number of benzene rings is 2. The van der Waals surface area contributed by atoms with Crippen molar-refractivity contribution < 1.29 is 14.5 Å². The molecule has 0 aromatic heterocycles. The largest absolute Gasteiger partial charge is 0.352 e. The van der Waals surface area contributed by atoms with Crippen LogP contribution in [0.3, 0.4) is 0 Å². The summed E-state index contributed by atoms with van der Waals surface area (Å²) >= 11 is 12.3. The zero-order chi connectivity index (χ0) is 23.8. The number of carbonyl (C=O) groups is 2. The molecule has 32 heavy (non-hydrogen) atoms. The molecule has 7 nitrogen and oxygen atoms in total. The van der Waals surface area contributed by atoms with Crippen LogP contribution < -0.4 is 5.32 Å². The minimum absolute atomic E-state index is 0.0529. The van der Waals surface area contributed by atoms with E-state index in [-0.39, 0.29) is 36.2 Å². The molecule has 0 fully saturated rings. The van der Waals surface area contributed by atoms with Crippen LogP contribution in [0, 0.1) is 10.1 Å². The Bertz CT molecular complexity index is 983. The molecule has 2 rings (SSSR count). The highest BCUT2D eigenvalue weighted by atomic mass is 35.5. The van der Waals surface area contributed by atoms with E-state index < -0.39 is 16.9 Å². The van der Waals surface area contributed by atoms with Crippen LogP contribution in [0.25, 0.3) is 0 Å². The lowest BCUT2D eigenvalue weighted by molar-refractivity contribution is -0.385. The Balaban J connectivity index is 2.41. The fourth-order valence-corrected chi connectivity index (χ4v) is 3.77. The van der Waals surface area contributed by atoms with Gasteiger partial charge in [-0.25, -0.2) is 0 Å². The fourth-order valence-electron chi connectivity index (χ4n) is 3.30. The second-order valence-electron chi connectivity index (χ2n) is 7.56. The molecule has 0 unspecified atom stereocenters. The van der Waals surface area contributed by atoms with Crippen LogP contribution in [-0.2, 0) is 22.6 Å². The van der Waals surface area contributed by atoms with Gasteiger partial charge in [-0.15, -0.1) is 0 Å². The number of nitrogens with zero attached hydrogens (tertiary/aromatic N) is 2. The van der Waals surface area contributed by atoms with Crippen LogP contribution >= 0.6 is 23.2 Å². The predicted octanol–water partition coefficient (Wildman–Crippen LogP) is 5.17. The van der Waals surface area contributed by atoms with Gasteiger partial charge in [-0.05, 0) is 37.5 Å². The Morgan fingerprint density at radius 1 is 1.09 bits per heavy atom. The first-order valence-corrected chi connectivity index (χ1v) is 11.2. The molecule has 172 valence electrons. The lowest BCUT2D eigenvalue weighted by Gasteiger charge is -2.31. The van der Waals surface area contributed by atoms with E-state index in [1.54, 1.807) is 36.4 Å². The molecule has 2 aromatic carbocycles. The molecule has 2 amide bonds. The third kappa shape index (κ3) is 6.68. The first-order valence-electron chi connectivity index (χ1n) is 10.4. The summed E-state index contributed by atoms with van der Waals surface area (Å²) in [7, 11) is 0. The van der Waals surface area contributed by atoms with E-state index in [0.717, 1.165) is 6.42 Å². The number of amides is 2. The van der Waals surface area contributed by atoms with E-state index in [4.69, 9.17) is 23.2 Å². The minimum Gasteiger partial charge on any atom is -0.352 e. The summed E-state index contributed by atoms with van der Waals surface area (Å²) in [5, 5.41) is 15.1. The van der Waals surface area contributed by atoms with E-state index in [0.29, 0.717) is 22.0 Å². The van der Waals surface area contributed by atoms with Crippen LogP contribution in [0.1, 0.15) is 44.7 Å². The third-order valence-electron chi connectivity index (χ3n) is 5.27. The second-order valence-corrected chi connectivity index (χ2v) is 8.41. The maximum atomic E-state index is 13.4. The Morgan fingerprint density at radius 3 is 2.38 bits per heavy atom. The van der Waals surface area contributed by atoms with E-state index in [2.05, 4.69) is 5.32 Å². The van der Waals surface area contributed by atoms with Gasteiger partial charge in [0.15, 0.2) is 0 Å². The Morgan fingerprint density at radius 2 is 1.78 bits per heavy atom. The summed E-state index contributed by atoms with van der Waals surface area (Å²) in [5.74, 6) is -0.681. The normalized spacial score (nSPS) is 12.7. The van der Waals surface area contributed by atoms with Gasteiger partial charge in [0.05, 0.1) is 11.3 Å². The van der Waals surface area contributed by atoms with Crippen molar-refractivity contribution in [1.29, 1.82) is 0 Å². The van der Waals surface area contributed by atoms with Crippen LogP contribution in [0.2, 0.25) is 10.0 Å². The van der Waals surface area contributed by atoms with Crippen LogP contribution in [-0.4, -0.2) is 33.7 Å². The van der Waals surface area contributed by atoms with Gasteiger partial charge >= 0.3 is 0 Å². The highest BCUT2D eigenvalue weighted by Gasteiger charge is 2.30. The summed E-state index contributed by atoms with van der Waals surface area (Å²) in [6.45, 7) is 5.73. The van der Waals surface area contributed by atoms with Crippen molar-refractivity contribution in [2.75, 3.05) is 0 Å². The zero-order valence-corrected chi connectivity index (χ0v) is 19.8. The van der Waals surface area contributed by atoms with Gasteiger partial charge in [0.1, 0.15) is 6.04 Å². The fraction of sp³-hybridized carbons (Fsp3) is 0.391. The number of hydrogen-bond acceptors (Lipinski definition) is 4. The molecule has 2 aromatic rings. The first-order chi connectivity index (χ1) is 15.2. The van der Waals surface area contributed by atoms with Gasteiger partial charge in [-0.2, -0.15) is 0 Å². The molecule has 0 radical (unpaired) electrons. The SMILES string of the molecule is CC[C@H](C)NC(=O)[C@H](CC)N(Cc1ccc(Cl)cc1Cl)C(=O)Cc1ccccc1[N+](=O)[O-]. The van der Waals surface area contributed by atoms with Gasteiger partial charge in [-0.3, -0.25) is 19.7 Å².